The zero-order chi connectivity index (χ0) is 9.56. The summed E-state index contributed by atoms with van der Waals surface area (Å²) in [6.45, 7) is 1.16. The van der Waals surface area contributed by atoms with Crippen molar-refractivity contribution in [1.29, 1.82) is 0 Å². The molecule has 0 saturated carbocycles. The molecule has 0 heterocycles. The zero-order valence-electron chi connectivity index (χ0n) is 6.96. The van der Waals surface area contributed by atoms with Gasteiger partial charge in [-0.1, -0.05) is 0 Å². The van der Waals surface area contributed by atoms with E-state index in [1.165, 1.54) is 14.0 Å². The maximum Gasteiger partial charge on any atom is 0.325 e. The Labute approximate surface area is 70.0 Å². The molecule has 0 aromatic carbocycles. The van der Waals surface area contributed by atoms with E-state index in [0.717, 1.165) is 6.08 Å². The summed E-state index contributed by atoms with van der Waals surface area (Å²) >= 11 is 0. The van der Waals surface area contributed by atoms with Crippen molar-refractivity contribution in [1.82, 2.24) is 5.32 Å². The Morgan fingerprint density at radius 3 is 2.58 bits per heavy atom. The molecule has 68 valence electrons. The number of allylic oxidation sites excluding steroid dienone is 1. The average Bonchev–Trinajstić information content (AvgIpc) is 1.99. The number of aliphatic hydroxyl groups is 1. The number of aliphatic hydroxyl groups excluding tert-OH is 1. The Morgan fingerprint density at radius 1 is 1.58 bits per heavy atom. The topological polar surface area (TPSA) is 75.6 Å². The minimum absolute atomic E-state index is 0.114. The van der Waals surface area contributed by atoms with E-state index < -0.39 is 11.9 Å². The van der Waals surface area contributed by atoms with E-state index >= 15 is 0 Å². The van der Waals surface area contributed by atoms with Crippen LogP contribution in [0.1, 0.15) is 6.92 Å². The molecule has 1 amide bonds. The zero-order valence-corrected chi connectivity index (χ0v) is 6.96. The average molecular weight is 173 g/mol. The van der Waals surface area contributed by atoms with Gasteiger partial charge in [-0.2, -0.15) is 0 Å². The van der Waals surface area contributed by atoms with Gasteiger partial charge in [0.25, 0.3) is 0 Å². The van der Waals surface area contributed by atoms with Crippen molar-refractivity contribution in [3.05, 3.63) is 11.8 Å². The van der Waals surface area contributed by atoms with Crippen molar-refractivity contribution < 1.29 is 19.4 Å². The molecule has 0 spiro atoms. The van der Waals surface area contributed by atoms with Gasteiger partial charge in [0.15, 0.2) is 0 Å². The van der Waals surface area contributed by atoms with Crippen molar-refractivity contribution >= 4 is 11.9 Å². The van der Waals surface area contributed by atoms with Gasteiger partial charge < -0.3 is 15.2 Å². The molecule has 5 nitrogen and oxygen atoms in total. The second-order valence-electron chi connectivity index (χ2n) is 2.08. The fourth-order valence-corrected chi connectivity index (χ4v) is 0.472. The molecule has 0 bridgehead atoms. The lowest BCUT2D eigenvalue weighted by atomic mass is 10.4. The Balaban J connectivity index is 3.73. The third kappa shape index (κ3) is 5.28. The van der Waals surface area contributed by atoms with Crippen LogP contribution in [0.2, 0.25) is 0 Å². The van der Waals surface area contributed by atoms with Crippen molar-refractivity contribution in [2.24, 2.45) is 0 Å². The highest BCUT2D eigenvalue weighted by Gasteiger charge is 2.01. The maximum absolute atomic E-state index is 10.7. The van der Waals surface area contributed by atoms with Crippen LogP contribution in [0, 0.1) is 0 Å². The molecule has 0 radical (unpaired) electrons. The number of esters is 1. The van der Waals surface area contributed by atoms with Crippen LogP contribution in [0.4, 0.5) is 0 Å². The van der Waals surface area contributed by atoms with Gasteiger partial charge in [0.1, 0.15) is 6.54 Å². The largest absolute Gasteiger partial charge is 0.512 e. The van der Waals surface area contributed by atoms with E-state index in [1.54, 1.807) is 0 Å². The van der Waals surface area contributed by atoms with Gasteiger partial charge in [-0.15, -0.1) is 0 Å². The van der Waals surface area contributed by atoms with Crippen LogP contribution in [-0.4, -0.2) is 30.6 Å². The third-order valence-electron chi connectivity index (χ3n) is 0.975. The molecular formula is C7H11NO4. The number of carbonyl (C=O) groups excluding carboxylic acids is 2. The first kappa shape index (κ1) is 10.5. The number of nitrogens with one attached hydrogen (secondary N) is 1. The number of rotatable bonds is 3. The van der Waals surface area contributed by atoms with E-state index in [4.69, 9.17) is 5.11 Å². The van der Waals surface area contributed by atoms with Crippen LogP contribution >= 0.6 is 0 Å². The first-order valence-corrected chi connectivity index (χ1v) is 3.28. The molecule has 2 N–H and O–H groups in total. The second-order valence-corrected chi connectivity index (χ2v) is 2.08. The van der Waals surface area contributed by atoms with Crippen LogP contribution < -0.4 is 5.32 Å². The number of carbonyl (C=O) groups is 2. The lowest BCUT2D eigenvalue weighted by Crippen LogP contribution is -2.28. The molecule has 0 rings (SSSR count). The minimum Gasteiger partial charge on any atom is -0.512 e. The summed E-state index contributed by atoms with van der Waals surface area (Å²) in [4.78, 5) is 21.2. The van der Waals surface area contributed by atoms with Crippen LogP contribution in [0.25, 0.3) is 0 Å². The van der Waals surface area contributed by atoms with E-state index in [-0.39, 0.29) is 12.3 Å². The molecule has 0 unspecified atom stereocenters. The maximum atomic E-state index is 10.7. The first-order chi connectivity index (χ1) is 5.56. The molecule has 5 heteroatoms. The minimum atomic E-state index is -0.535. The number of hydrogen-bond donors (Lipinski definition) is 2. The van der Waals surface area contributed by atoms with Gasteiger partial charge in [-0.25, -0.2) is 0 Å². The lowest BCUT2D eigenvalue weighted by molar-refractivity contribution is -0.140. The van der Waals surface area contributed by atoms with Gasteiger partial charge in [0.05, 0.1) is 12.9 Å². The molecular weight excluding hydrogens is 162 g/mol. The van der Waals surface area contributed by atoms with Gasteiger partial charge in [-0.05, 0) is 6.92 Å². The Kier molecular flexibility index (Phi) is 4.52. The third-order valence-corrected chi connectivity index (χ3v) is 0.975. The van der Waals surface area contributed by atoms with Gasteiger partial charge in [-0.3, -0.25) is 9.59 Å². The summed E-state index contributed by atoms with van der Waals surface area (Å²) in [5.41, 5.74) is 0. The summed E-state index contributed by atoms with van der Waals surface area (Å²) in [5, 5.41) is 10.8. The van der Waals surface area contributed by atoms with Crippen LogP contribution in [0.5, 0.6) is 0 Å². The summed E-state index contributed by atoms with van der Waals surface area (Å²) in [7, 11) is 1.22. The van der Waals surface area contributed by atoms with Crippen LogP contribution in [0.15, 0.2) is 11.8 Å². The van der Waals surface area contributed by atoms with Crippen molar-refractivity contribution in [2.75, 3.05) is 13.7 Å². The molecule has 0 fully saturated rings. The SMILES string of the molecule is COC(=O)CNC(=O)/C=C(/C)O. The second kappa shape index (κ2) is 5.17. The Hall–Kier alpha value is -1.52. The molecule has 0 aromatic rings. The predicted octanol–water partition coefficient (Wildman–Crippen LogP) is -0.263. The molecule has 0 aliphatic heterocycles. The van der Waals surface area contributed by atoms with Crippen LogP contribution in [0.3, 0.4) is 0 Å². The highest BCUT2D eigenvalue weighted by atomic mass is 16.5. The highest BCUT2D eigenvalue weighted by molar-refractivity contribution is 5.90. The number of amides is 1. The number of ether oxygens (including phenoxy) is 1. The van der Waals surface area contributed by atoms with E-state index in [9.17, 15) is 9.59 Å². The monoisotopic (exact) mass is 173 g/mol. The molecule has 0 saturated heterocycles. The fraction of sp³-hybridized carbons (Fsp3) is 0.429. The summed E-state index contributed by atoms with van der Waals surface area (Å²) in [6, 6.07) is 0. The predicted molar refractivity (Wildman–Crippen MR) is 41.4 cm³/mol. The highest BCUT2D eigenvalue weighted by Crippen LogP contribution is 1.82. The lowest BCUT2D eigenvalue weighted by Gasteiger charge is -1.99. The molecule has 0 aliphatic carbocycles. The Bertz CT molecular complexity index is 205. The normalized spacial score (nSPS) is 10.7. The molecule has 0 atom stereocenters. The van der Waals surface area contributed by atoms with Gasteiger partial charge in [0, 0.05) is 6.08 Å². The molecule has 0 aromatic heterocycles. The van der Waals surface area contributed by atoms with E-state index in [1.807, 2.05) is 0 Å². The Morgan fingerprint density at radius 2 is 2.17 bits per heavy atom. The van der Waals surface area contributed by atoms with Gasteiger partial charge in [0.2, 0.25) is 5.91 Å². The summed E-state index contributed by atoms with van der Waals surface area (Å²) in [5.74, 6) is -1.18. The quantitative estimate of drug-likeness (QED) is 0.350. The summed E-state index contributed by atoms with van der Waals surface area (Å²) in [6.07, 6.45) is 0.975. The number of methoxy groups -OCH3 is 1. The molecule has 0 aliphatic rings. The summed E-state index contributed by atoms with van der Waals surface area (Å²) < 4.78 is 4.27. The fourth-order valence-electron chi connectivity index (χ4n) is 0.472. The first-order valence-electron chi connectivity index (χ1n) is 3.28. The van der Waals surface area contributed by atoms with Crippen LogP contribution in [-0.2, 0) is 14.3 Å². The van der Waals surface area contributed by atoms with Crippen molar-refractivity contribution in [3.8, 4) is 0 Å². The van der Waals surface area contributed by atoms with E-state index in [2.05, 4.69) is 10.1 Å². The standard InChI is InChI=1S/C7H11NO4/c1-5(9)3-6(10)8-4-7(11)12-2/h3,9H,4H2,1-2H3,(H,8,10)/b5-3-. The van der Waals surface area contributed by atoms with E-state index in [0.29, 0.717) is 0 Å². The van der Waals surface area contributed by atoms with Crippen molar-refractivity contribution in [2.45, 2.75) is 6.92 Å². The molecule has 12 heavy (non-hydrogen) atoms. The smallest absolute Gasteiger partial charge is 0.325 e. The van der Waals surface area contributed by atoms with Gasteiger partial charge >= 0.3 is 5.97 Å². The number of hydrogen-bond acceptors (Lipinski definition) is 4. The van der Waals surface area contributed by atoms with Crippen molar-refractivity contribution in [3.63, 3.8) is 0 Å².